The summed E-state index contributed by atoms with van der Waals surface area (Å²) in [6.07, 6.45) is 47.9. The molecule has 2 unspecified atom stereocenters. The Labute approximate surface area is 335 Å². The molecule has 0 saturated heterocycles. The number of phosphoric ester groups is 1. The van der Waals surface area contributed by atoms with Crippen LogP contribution in [0.4, 0.5) is 0 Å². The van der Waals surface area contributed by atoms with E-state index in [9.17, 15) is 19.0 Å². The second-order valence-corrected chi connectivity index (χ2v) is 15.2. The Kier molecular flexibility index (Phi) is 37.4. The first-order chi connectivity index (χ1) is 26.7. The van der Waals surface area contributed by atoms with Gasteiger partial charge in [0.15, 0.2) is 6.10 Å². The van der Waals surface area contributed by atoms with E-state index >= 15 is 0 Å². The van der Waals surface area contributed by atoms with Crippen molar-refractivity contribution in [3.8, 4) is 0 Å². The third kappa shape index (κ3) is 40.7. The Morgan fingerprint density at radius 2 is 1.07 bits per heavy atom. The summed E-state index contributed by atoms with van der Waals surface area (Å²) in [5.74, 6) is -0.920. The molecule has 314 valence electrons. The molecule has 0 aromatic rings. The largest absolute Gasteiger partial charge is 0.472 e. The van der Waals surface area contributed by atoms with Gasteiger partial charge in [-0.2, -0.15) is 0 Å². The fraction of sp³-hybridized carbons (Fsp3) is 0.644. The van der Waals surface area contributed by atoms with Crippen LogP contribution in [0.1, 0.15) is 142 Å². The fourth-order valence-corrected chi connectivity index (χ4v) is 5.74. The minimum absolute atomic E-state index is 0.00977. The minimum Gasteiger partial charge on any atom is -0.462 e. The third-order valence-corrected chi connectivity index (χ3v) is 9.18. The van der Waals surface area contributed by atoms with Crippen molar-refractivity contribution in [1.82, 2.24) is 4.90 Å². The summed E-state index contributed by atoms with van der Waals surface area (Å²) >= 11 is 0. The highest BCUT2D eigenvalue weighted by Gasteiger charge is 2.26. The lowest BCUT2D eigenvalue weighted by Gasteiger charge is -2.20. The highest BCUT2D eigenvalue weighted by molar-refractivity contribution is 7.47. The van der Waals surface area contributed by atoms with E-state index in [1.54, 1.807) is 4.90 Å². The second-order valence-electron chi connectivity index (χ2n) is 13.8. The molecule has 0 amide bonds. The predicted octanol–water partition coefficient (Wildman–Crippen LogP) is 11.9. The average molecular weight is 790 g/mol. The van der Waals surface area contributed by atoms with Gasteiger partial charge in [-0.05, 0) is 91.1 Å². The molecule has 0 aromatic carbocycles. The van der Waals surface area contributed by atoms with Crippen LogP contribution in [0, 0.1) is 0 Å². The maximum atomic E-state index is 12.6. The molecule has 0 radical (unpaired) electrons. The molecule has 0 aliphatic heterocycles. The molecule has 0 fully saturated rings. The molecular weight excluding hydrogens is 713 g/mol. The van der Waals surface area contributed by atoms with Gasteiger partial charge in [-0.15, -0.1) is 0 Å². The zero-order chi connectivity index (χ0) is 40.5. The van der Waals surface area contributed by atoms with Crippen LogP contribution in [0.5, 0.6) is 0 Å². The van der Waals surface area contributed by atoms with Gasteiger partial charge in [0.05, 0.1) is 13.2 Å². The Morgan fingerprint density at radius 1 is 0.582 bits per heavy atom. The van der Waals surface area contributed by atoms with Gasteiger partial charge in [0.25, 0.3) is 0 Å². The van der Waals surface area contributed by atoms with E-state index in [-0.39, 0.29) is 26.1 Å². The van der Waals surface area contributed by atoms with Crippen molar-refractivity contribution in [3.05, 3.63) is 85.1 Å². The van der Waals surface area contributed by atoms with Gasteiger partial charge in [0.2, 0.25) is 0 Å². The zero-order valence-corrected chi connectivity index (χ0v) is 35.7. The van der Waals surface area contributed by atoms with Gasteiger partial charge >= 0.3 is 19.8 Å². The topological polar surface area (TPSA) is 112 Å². The summed E-state index contributed by atoms with van der Waals surface area (Å²) in [6.45, 7) is 4.07. The van der Waals surface area contributed by atoms with E-state index in [1.807, 2.05) is 26.2 Å². The van der Waals surface area contributed by atoms with Crippen LogP contribution in [-0.4, -0.2) is 68.3 Å². The van der Waals surface area contributed by atoms with Crippen LogP contribution in [-0.2, 0) is 32.7 Å². The molecular formula is C45H76NO8P. The Hall–Kier alpha value is -2.81. The van der Waals surface area contributed by atoms with Crippen molar-refractivity contribution in [2.24, 2.45) is 0 Å². The van der Waals surface area contributed by atoms with E-state index in [0.717, 1.165) is 77.0 Å². The SMILES string of the molecule is CC/C=C\C/C=C\C/C=C\C/C=C\C/C=C\C/C=C\CCC(=O)OCC(COP(=O)(O)OCCN(C)C)OC(=O)CCCCCCC/C=C\CCCCCC. The molecule has 0 bridgehead atoms. The van der Waals surface area contributed by atoms with Crippen LogP contribution < -0.4 is 0 Å². The van der Waals surface area contributed by atoms with E-state index in [1.165, 1.54) is 25.7 Å². The van der Waals surface area contributed by atoms with Crippen LogP contribution in [0.15, 0.2) is 85.1 Å². The van der Waals surface area contributed by atoms with E-state index < -0.39 is 32.5 Å². The van der Waals surface area contributed by atoms with Gasteiger partial charge in [-0.3, -0.25) is 18.6 Å². The molecule has 0 spiro atoms. The summed E-state index contributed by atoms with van der Waals surface area (Å²) < 4.78 is 33.3. The highest BCUT2D eigenvalue weighted by atomic mass is 31.2. The maximum Gasteiger partial charge on any atom is 0.472 e. The first-order valence-electron chi connectivity index (χ1n) is 20.9. The lowest BCUT2D eigenvalue weighted by molar-refractivity contribution is -0.161. The summed E-state index contributed by atoms with van der Waals surface area (Å²) in [7, 11) is -0.757. The number of phosphoric acid groups is 1. The number of esters is 2. The molecule has 55 heavy (non-hydrogen) atoms. The molecule has 0 saturated carbocycles. The molecule has 1 N–H and O–H groups in total. The van der Waals surface area contributed by atoms with E-state index in [0.29, 0.717) is 19.4 Å². The lowest BCUT2D eigenvalue weighted by Crippen LogP contribution is -2.29. The second kappa shape index (κ2) is 39.4. The molecule has 2 atom stereocenters. The number of hydrogen-bond donors (Lipinski definition) is 1. The van der Waals surface area contributed by atoms with E-state index in [4.69, 9.17) is 18.5 Å². The van der Waals surface area contributed by atoms with Crippen molar-refractivity contribution >= 4 is 19.8 Å². The van der Waals surface area contributed by atoms with Crippen LogP contribution in [0.3, 0.4) is 0 Å². The van der Waals surface area contributed by atoms with Crippen LogP contribution in [0.25, 0.3) is 0 Å². The number of allylic oxidation sites excluding steroid dienone is 14. The Morgan fingerprint density at radius 3 is 1.62 bits per heavy atom. The van der Waals surface area contributed by atoms with Crippen molar-refractivity contribution < 1.29 is 37.6 Å². The monoisotopic (exact) mass is 790 g/mol. The standard InChI is InChI=1S/C45H76NO8P/c1-5-7-9-11-13-15-17-19-20-21-22-23-24-26-27-29-31-33-35-37-44(47)51-41-43(42-53-55(49,50)52-40-39-46(3)4)54-45(48)38-36-34-32-30-28-25-18-16-14-12-10-8-6-2/h7,9,13,15-16,18-20,22-23,26-27,31,33,43H,5-6,8,10-12,14,17,21,24-25,28-30,32,34-42H2,1-4H3,(H,49,50)/b9-7-,15-13-,18-16-,20-19-,23-22-,27-26-,33-31-. The maximum absolute atomic E-state index is 12.6. The lowest BCUT2D eigenvalue weighted by atomic mass is 10.1. The normalized spacial score (nSPS) is 14.3. The molecule has 0 aliphatic carbocycles. The number of rotatable bonds is 37. The molecule has 0 aliphatic rings. The fourth-order valence-electron chi connectivity index (χ4n) is 5.00. The van der Waals surface area contributed by atoms with Crippen LogP contribution in [0.2, 0.25) is 0 Å². The van der Waals surface area contributed by atoms with Crippen molar-refractivity contribution in [1.29, 1.82) is 0 Å². The van der Waals surface area contributed by atoms with Gasteiger partial charge < -0.3 is 19.3 Å². The van der Waals surface area contributed by atoms with Crippen molar-refractivity contribution in [3.63, 3.8) is 0 Å². The number of likely N-dealkylation sites (N-methyl/N-ethyl adjacent to an activating group) is 1. The van der Waals surface area contributed by atoms with E-state index in [2.05, 4.69) is 86.8 Å². The van der Waals surface area contributed by atoms with Crippen LogP contribution >= 0.6 is 7.82 Å². The number of ether oxygens (including phenoxy) is 2. The summed E-state index contributed by atoms with van der Waals surface area (Å²) in [5.41, 5.74) is 0. The average Bonchev–Trinajstić information content (AvgIpc) is 3.15. The number of unbranched alkanes of at least 4 members (excludes halogenated alkanes) is 9. The molecule has 10 heteroatoms. The first kappa shape index (κ1) is 52.2. The van der Waals surface area contributed by atoms with Gasteiger partial charge in [0.1, 0.15) is 6.61 Å². The molecule has 0 rings (SSSR count). The summed E-state index contributed by atoms with van der Waals surface area (Å²) in [4.78, 5) is 36.9. The smallest absolute Gasteiger partial charge is 0.462 e. The van der Waals surface area contributed by atoms with Crippen molar-refractivity contribution in [2.45, 2.75) is 148 Å². The molecule has 0 heterocycles. The zero-order valence-electron chi connectivity index (χ0n) is 34.8. The number of hydrogen-bond acceptors (Lipinski definition) is 8. The van der Waals surface area contributed by atoms with Gasteiger partial charge in [-0.1, -0.05) is 137 Å². The summed E-state index contributed by atoms with van der Waals surface area (Å²) in [5, 5.41) is 0. The Bertz CT molecular complexity index is 1190. The minimum atomic E-state index is -4.38. The predicted molar refractivity (Wildman–Crippen MR) is 229 cm³/mol. The summed E-state index contributed by atoms with van der Waals surface area (Å²) in [6, 6.07) is 0. The first-order valence-corrected chi connectivity index (χ1v) is 22.4. The van der Waals surface area contributed by atoms with Gasteiger partial charge in [0, 0.05) is 19.4 Å². The molecule has 0 aromatic heterocycles. The number of nitrogens with zero attached hydrogens (tertiary/aromatic N) is 1. The third-order valence-electron chi connectivity index (χ3n) is 8.20. The number of carbonyl (C=O) groups excluding carboxylic acids is 2. The quantitative estimate of drug-likeness (QED) is 0.0284. The highest BCUT2D eigenvalue weighted by Crippen LogP contribution is 2.43. The Balaban J connectivity index is 4.46. The van der Waals surface area contributed by atoms with Crippen molar-refractivity contribution in [2.75, 3.05) is 40.5 Å². The van der Waals surface area contributed by atoms with Gasteiger partial charge in [-0.25, -0.2) is 4.57 Å². The molecule has 9 nitrogen and oxygen atoms in total. The number of carbonyl (C=O) groups is 2.